The number of hydrogen-bond donors (Lipinski definition) is 2. The minimum Gasteiger partial charge on any atom is -0.459 e. The average Bonchev–Trinajstić information content (AvgIpc) is 2.43. The molecule has 1 atom stereocenters. The fourth-order valence-electron chi connectivity index (χ4n) is 1.82. The summed E-state index contributed by atoms with van der Waals surface area (Å²) in [6, 6.07) is 8.56. The highest BCUT2D eigenvalue weighted by Crippen LogP contribution is 2.06. The molecule has 0 aliphatic heterocycles. The van der Waals surface area contributed by atoms with Gasteiger partial charge in [0.1, 0.15) is 18.2 Å². The summed E-state index contributed by atoms with van der Waals surface area (Å²) in [5.74, 6) is -0.952. The number of ether oxygens (including phenoxy) is 1. The maximum atomic E-state index is 12.1. The van der Waals surface area contributed by atoms with Crippen LogP contribution in [0.15, 0.2) is 30.3 Å². The van der Waals surface area contributed by atoms with E-state index in [4.69, 9.17) is 4.74 Å². The first-order valence-corrected chi connectivity index (χ1v) is 7.05. The van der Waals surface area contributed by atoms with E-state index in [1.807, 2.05) is 30.3 Å². The molecule has 2 amide bonds. The predicted octanol–water partition coefficient (Wildman–Crippen LogP) is 0.802. The molecular weight excluding hydrogens is 284 g/mol. The highest BCUT2D eigenvalue weighted by Gasteiger charge is 2.21. The van der Waals surface area contributed by atoms with Gasteiger partial charge in [-0.15, -0.1) is 0 Å². The molecule has 6 nitrogen and oxygen atoms in total. The Morgan fingerprint density at radius 3 is 2.41 bits per heavy atom. The molecule has 0 aliphatic rings. The first kappa shape index (κ1) is 17.7. The lowest BCUT2D eigenvalue weighted by Crippen LogP contribution is -2.47. The van der Waals surface area contributed by atoms with Crippen LogP contribution in [-0.2, 0) is 25.5 Å². The Bertz CT molecular complexity index is 509. The van der Waals surface area contributed by atoms with Crippen LogP contribution in [0.5, 0.6) is 0 Å². The number of rotatable bonds is 7. The molecule has 0 spiro atoms. The quantitative estimate of drug-likeness (QED) is 0.576. The van der Waals surface area contributed by atoms with Gasteiger partial charge in [0.2, 0.25) is 12.3 Å². The number of carbonyl (C=O) groups excluding carboxylic acids is 3. The van der Waals surface area contributed by atoms with Crippen molar-refractivity contribution in [3.63, 3.8) is 0 Å². The lowest BCUT2D eigenvalue weighted by molar-refractivity contribution is -0.154. The van der Waals surface area contributed by atoms with Crippen molar-refractivity contribution in [3.05, 3.63) is 35.9 Å². The minimum atomic E-state index is -0.734. The Balaban J connectivity index is 2.55. The Morgan fingerprint density at radius 2 is 1.86 bits per heavy atom. The van der Waals surface area contributed by atoms with Gasteiger partial charge < -0.3 is 15.4 Å². The molecule has 0 radical (unpaired) electrons. The molecular formula is C16H22N2O4. The third-order valence-corrected chi connectivity index (χ3v) is 2.70. The SMILES string of the molecule is CC(C)(C)OC(=O)CNC(=O)C(Cc1ccccc1)NC=O. The Kier molecular flexibility index (Phi) is 6.56. The van der Waals surface area contributed by atoms with E-state index in [9.17, 15) is 14.4 Å². The monoisotopic (exact) mass is 306 g/mol. The van der Waals surface area contributed by atoms with E-state index in [-0.39, 0.29) is 6.54 Å². The van der Waals surface area contributed by atoms with Crippen LogP contribution in [0, 0.1) is 0 Å². The molecule has 6 heteroatoms. The maximum Gasteiger partial charge on any atom is 0.325 e. The molecule has 1 rings (SSSR count). The summed E-state index contributed by atoms with van der Waals surface area (Å²) < 4.78 is 5.10. The fourth-order valence-corrected chi connectivity index (χ4v) is 1.82. The molecule has 0 aromatic heterocycles. The van der Waals surface area contributed by atoms with E-state index in [1.165, 1.54) is 0 Å². The van der Waals surface area contributed by atoms with Crippen molar-refractivity contribution < 1.29 is 19.1 Å². The van der Waals surface area contributed by atoms with Crippen LogP contribution in [0.3, 0.4) is 0 Å². The van der Waals surface area contributed by atoms with Crippen molar-refractivity contribution in [2.24, 2.45) is 0 Å². The Morgan fingerprint density at radius 1 is 1.23 bits per heavy atom. The van der Waals surface area contributed by atoms with E-state index in [2.05, 4.69) is 10.6 Å². The summed E-state index contributed by atoms with van der Waals surface area (Å²) in [7, 11) is 0. The molecule has 1 unspecified atom stereocenters. The largest absolute Gasteiger partial charge is 0.459 e. The zero-order chi connectivity index (χ0) is 16.6. The van der Waals surface area contributed by atoms with Gasteiger partial charge in [0, 0.05) is 6.42 Å². The zero-order valence-electron chi connectivity index (χ0n) is 13.1. The molecule has 120 valence electrons. The standard InChI is InChI=1S/C16H22N2O4/c1-16(2,3)22-14(20)10-17-15(21)13(18-11-19)9-12-7-5-4-6-8-12/h4-8,11,13H,9-10H2,1-3H3,(H,17,21)(H,18,19). The van der Waals surface area contributed by atoms with Gasteiger partial charge in [-0.05, 0) is 26.3 Å². The van der Waals surface area contributed by atoms with E-state index >= 15 is 0 Å². The molecule has 2 N–H and O–H groups in total. The topological polar surface area (TPSA) is 84.5 Å². The van der Waals surface area contributed by atoms with Gasteiger partial charge in [-0.1, -0.05) is 30.3 Å². The third kappa shape index (κ3) is 6.88. The van der Waals surface area contributed by atoms with Gasteiger partial charge in [-0.3, -0.25) is 14.4 Å². The number of amides is 2. The van der Waals surface area contributed by atoms with Crippen LogP contribution in [-0.4, -0.2) is 36.5 Å². The molecule has 1 aromatic carbocycles. The smallest absolute Gasteiger partial charge is 0.325 e. The first-order chi connectivity index (χ1) is 10.3. The van der Waals surface area contributed by atoms with Crippen LogP contribution < -0.4 is 10.6 Å². The third-order valence-electron chi connectivity index (χ3n) is 2.70. The van der Waals surface area contributed by atoms with Gasteiger partial charge in [0.05, 0.1) is 0 Å². The predicted molar refractivity (Wildman–Crippen MR) is 82.0 cm³/mol. The summed E-state index contributed by atoms with van der Waals surface area (Å²) in [6.07, 6.45) is 0.820. The first-order valence-electron chi connectivity index (χ1n) is 7.05. The summed E-state index contributed by atoms with van der Waals surface area (Å²) in [5, 5.41) is 4.93. The molecule has 1 aromatic rings. The van der Waals surface area contributed by atoms with Gasteiger partial charge in [0.25, 0.3) is 0 Å². The van der Waals surface area contributed by atoms with Crippen LogP contribution >= 0.6 is 0 Å². The van der Waals surface area contributed by atoms with Crippen LogP contribution in [0.25, 0.3) is 0 Å². The second-order valence-electron chi connectivity index (χ2n) is 5.83. The second-order valence-corrected chi connectivity index (χ2v) is 5.83. The lowest BCUT2D eigenvalue weighted by atomic mass is 10.1. The lowest BCUT2D eigenvalue weighted by Gasteiger charge is -2.20. The summed E-state index contributed by atoms with van der Waals surface area (Å²) >= 11 is 0. The number of hydrogen-bond acceptors (Lipinski definition) is 4. The fraction of sp³-hybridized carbons (Fsp3) is 0.438. The number of esters is 1. The number of nitrogens with one attached hydrogen (secondary N) is 2. The molecule has 0 heterocycles. The van der Waals surface area contributed by atoms with E-state index in [0.717, 1.165) is 5.56 Å². The van der Waals surface area contributed by atoms with Crippen molar-refractivity contribution in [1.29, 1.82) is 0 Å². The number of carbonyl (C=O) groups is 3. The summed E-state index contributed by atoms with van der Waals surface area (Å²) in [4.78, 5) is 34.3. The van der Waals surface area contributed by atoms with E-state index < -0.39 is 23.5 Å². The molecule has 0 bridgehead atoms. The molecule has 0 fully saturated rings. The Labute approximate surface area is 130 Å². The highest BCUT2D eigenvalue weighted by atomic mass is 16.6. The normalized spacial score (nSPS) is 12.1. The van der Waals surface area contributed by atoms with Crippen molar-refractivity contribution in [1.82, 2.24) is 10.6 Å². The number of benzene rings is 1. The minimum absolute atomic E-state index is 0.234. The van der Waals surface area contributed by atoms with Gasteiger partial charge >= 0.3 is 5.97 Å². The summed E-state index contributed by atoms with van der Waals surface area (Å²) in [6.45, 7) is 5.01. The Hall–Kier alpha value is -2.37. The molecule has 0 aliphatic carbocycles. The summed E-state index contributed by atoms with van der Waals surface area (Å²) in [5.41, 5.74) is 0.306. The van der Waals surface area contributed by atoms with Crippen molar-refractivity contribution in [2.45, 2.75) is 38.8 Å². The average molecular weight is 306 g/mol. The molecule has 0 saturated carbocycles. The van der Waals surface area contributed by atoms with Crippen LogP contribution in [0.2, 0.25) is 0 Å². The molecule has 0 saturated heterocycles. The van der Waals surface area contributed by atoms with E-state index in [1.54, 1.807) is 20.8 Å². The van der Waals surface area contributed by atoms with Gasteiger partial charge in [-0.2, -0.15) is 0 Å². The highest BCUT2D eigenvalue weighted by molar-refractivity contribution is 5.87. The zero-order valence-corrected chi connectivity index (χ0v) is 13.1. The maximum absolute atomic E-state index is 12.1. The van der Waals surface area contributed by atoms with Gasteiger partial charge in [0.15, 0.2) is 0 Å². The van der Waals surface area contributed by atoms with Crippen LogP contribution in [0.1, 0.15) is 26.3 Å². The second kappa shape index (κ2) is 8.17. The molecule has 22 heavy (non-hydrogen) atoms. The van der Waals surface area contributed by atoms with Crippen molar-refractivity contribution >= 4 is 18.3 Å². The van der Waals surface area contributed by atoms with Gasteiger partial charge in [-0.25, -0.2) is 0 Å². The van der Waals surface area contributed by atoms with Crippen LogP contribution in [0.4, 0.5) is 0 Å². The van der Waals surface area contributed by atoms with Crippen molar-refractivity contribution in [2.75, 3.05) is 6.54 Å². The van der Waals surface area contributed by atoms with E-state index in [0.29, 0.717) is 12.8 Å². The van der Waals surface area contributed by atoms with Crippen molar-refractivity contribution in [3.8, 4) is 0 Å².